The van der Waals surface area contributed by atoms with Gasteiger partial charge in [0, 0.05) is 24.2 Å². The first-order valence-electron chi connectivity index (χ1n) is 8.69. The Bertz CT molecular complexity index is 1200. The van der Waals surface area contributed by atoms with Crippen LogP contribution in [-0.2, 0) is 12.5 Å². The van der Waals surface area contributed by atoms with Crippen molar-refractivity contribution in [2.75, 3.05) is 0 Å². The molecular formula is C21H17ClFN3O2. The highest BCUT2D eigenvalue weighted by molar-refractivity contribution is 6.17. The van der Waals surface area contributed by atoms with Gasteiger partial charge in [-0.3, -0.25) is 9.36 Å². The highest BCUT2D eigenvalue weighted by Crippen LogP contribution is 2.17. The fourth-order valence-electron chi connectivity index (χ4n) is 2.98. The van der Waals surface area contributed by atoms with E-state index in [4.69, 9.17) is 16.3 Å². The SMILES string of the molecule is Cc1c(CCl)nc2ccc(-n3ccc(OCc4ccc(F)cc4)cc3=O)cn12. The van der Waals surface area contributed by atoms with E-state index in [-0.39, 0.29) is 18.0 Å². The molecule has 142 valence electrons. The Labute approximate surface area is 165 Å². The molecule has 0 saturated heterocycles. The van der Waals surface area contributed by atoms with Crippen LogP contribution in [0.2, 0.25) is 0 Å². The molecule has 0 aliphatic carbocycles. The number of aryl methyl sites for hydroxylation is 1. The van der Waals surface area contributed by atoms with E-state index >= 15 is 0 Å². The molecule has 0 aliphatic heterocycles. The molecule has 0 bridgehead atoms. The lowest BCUT2D eigenvalue weighted by molar-refractivity contribution is 0.305. The van der Waals surface area contributed by atoms with Crippen molar-refractivity contribution < 1.29 is 9.13 Å². The van der Waals surface area contributed by atoms with Crippen LogP contribution in [0, 0.1) is 12.7 Å². The number of aromatic nitrogens is 3. The van der Waals surface area contributed by atoms with Crippen LogP contribution < -0.4 is 10.3 Å². The average molecular weight is 398 g/mol. The molecule has 0 fully saturated rings. The van der Waals surface area contributed by atoms with Crippen LogP contribution in [0.3, 0.4) is 0 Å². The summed E-state index contributed by atoms with van der Waals surface area (Å²) in [6.45, 7) is 2.20. The van der Waals surface area contributed by atoms with Crippen LogP contribution in [-0.4, -0.2) is 14.0 Å². The smallest absolute Gasteiger partial charge is 0.258 e. The monoisotopic (exact) mass is 397 g/mol. The summed E-state index contributed by atoms with van der Waals surface area (Å²) in [5.41, 5.74) is 3.86. The zero-order valence-electron chi connectivity index (χ0n) is 15.1. The number of halogens is 2. The Balaban J connectivity index is 1.59. The topological polar surface area (TPSA) is 48.5 Å². The van der Waals surface area contributed by atoms with Gasteiger partial charge in [-0.25, -0.2) is 9.37 Å². The standard InChI is InChI=1S/C21H17ClFN3O2/c1-14-19(11-22)24-20-7-6-17(12-26(14)20)25-9-8-18(10-21(25)27)28-13-15-2-4-16(23)5-3-15/h2-10,12H,11,13H2,1H3. The fourth-order valence-corrected chi connectivity index (χ4v) is 3.23. The van der Waals surface area contributed by atoms with Crippen LogP contribution in [0.5, 0.6) is 5.75 Å². The van der Waals surface area contributed by atoms with Gasteiger partial charge in [0.2, 0.25) is 0 Å². The summed E-state index contributed by atoms with van der Waals surface area (Å²) in [5.74, 6) is 0.493. The second-order valence-electron chi connectivity index (χ2n) is 6.38. The van der Waals surface area contributed by atoms with E-state index in [0.29, 0.717) is 17.3 Å². The molecule has 4 rings (SSSR count). The summed E-state index contributed by atoms with van der Waals surface area (Å²) in [4.78, 5) is 17.0. The minimum Gasteiger partial charge on any atom is -0.489 e. The van der Waals surface area contributed by atoms with Gasteiger partial charge in [0.05, 0.1) is 17.3 Å². The number of pyridine rings is 2. The third kappa shape index (κ3) is 3.51. The van der Waals surface area contributed by atoms with Crippen molar-refractivity contribution in [3.05, 3.63) is 94.0 Å². The zero-order valence-corrected chi connectivity index (χ0v) is 15.9. The molecular weight excluding hydrogens is 381 g/mol. The molecule has 3 heterocycles. The molecule has 5 nitrogen and oxygen atoms in total. The molecule has 4 aromatic rings. The number of ether oxygens (including phenoxy) is 1. The Morgan fingerprint density at radius 3 is 2.64 bits per heavy atom. The molecule has 0 spiro atoms. The van der Waals surface area contributed by atoms with E-state index < -0.39 is 0 Å². The molecule has 0 saturated carbocycles. The molecule has 1 aromatic carbocycles. The Morgan fingerprint density at radius 1 is 1.14 bits per heavy atom. The highest BCUT2D eigenvalue weighted by atomic mass is 35.5. The third-order valence-electron chi connectivity index (χ3n) is 4.55. The molecule has 0 radical (unpaired) electrons. The minimum atomic E-state index is -0.297. The minimum absolute atomic E-state index is 0.216. The predicted octanol–water partition coefficient (Wildman–Crippen LogP) is 4.25. The van der Waals surface area contributed by atoms with Crippen molar-refractivity contribution in [3.8, 4) is 11.4 Å². The van der Waals surface area contributed by atoms with Crippen LogP contribution in [0.1, 0.15) is 17.0 Å². The Kier molecular flexibility index (Phi) is 4.88. The van der Waals surface area contributed by atoms with Crippen molar-refractivity contribution in [1.82, 2.24) is 14.0 Å². The predicted molar refractivity (Wildman–Crippen MR) is 106 cm³/mol. The van der Waals surface area contributed by atoms with Crippen molar-refractivity contribution >= 4 is 17.2 Å². The first-order chi connectivity index (χ1) is 13.5. The molecule has 0 atom stereocenters. The van der Waals surface area contributed by atoms with Crippen molar-refractivity contribution in [1.29, 1.82) is 0 Å². The summed E-state index contributed by atoms with van der Waals surface area (Å²) >= 11 is 5.92. The van der Waals surface area contributed by atoms with Gasteiger partial charge in [-0.2, -0.15) is 0 Å². The van der Waals surface area contributed by atoms with Gasteiger partial charge in [0.15, 0.2) is 0 Å². The number of nitrogens with zero attached hydrogens (tertiary/aromatic N) is 3. The first-order valence-corrected chi connectivity index (χ1v) is 9.22. The summed E-state index contributed by atoms with van der Waals surface area (Å²) in [6, 6.07) is 12.9. The van der Waals surface area contributed by atoms with Gasteiger partial charge in [0.1, 0.15) is 23.8 Å². The third-order valence-corrected chi connectivity index (χ3v) is 4.81. The quantitative estimate of drug-likeness (QED) is 0.473. The molecule has 7 heteroatoms. The normalized spacial score (nSPS) is 11.1. The van der Waals surface area contributed by atoms with E-state index in [9.17, 15) is 9.18 Å². The van der Waals surface area contributed by atoms with Gasteiger partial charge in [0.25, 0.3) is 5.56 Å². The summed E-state index contributed by atoms with van der Waals surface area (Å²) < 4.78 is 22.0. The van der Waals surface area contributed by atoms with E-state index in [0.717, 1.165) is 22.6 Å². The first kappa shape index (κ1) is 18.3. The second kappa shape index (κ2) is 7.48. The van der Waals surface area contributed by atoms with E-state index in [1.54, 1.807) is 24.4 Å². The number of hydrogen-bond donors (Lipinski definition) is 0. The molecule has 3 aromatic heterocycles. The van der Waals surface area contributed by atoms with Crippen molar-refractivity contribution in [2.24, 2.45) is 0 Å². The van der Waals surface area contributed by atoms with Gasteiger partial charge < -0.3 is 9.14 Å². The largest absolute Gasteiger partial charge is 0.489 e. The van der Waals surface area contributed by atoms with E-state index in [1.165, 1.54) is 22.8 Å². The lowest BCUT2D eigenvalue weighted by Gasteiger charge is -2.10. The van der Waals surface area contributed by atoms with Gasteiger partial charge in [-0.05, 0) is 42.8 Å². The summed E-state index contributed by atoms with van der Waals surface area (Å²) in [6.07, 6.45) is 3.52. The van der Waals surface area contributed by atoms with Crippen LogP contribution >= 0.6 is 11.6 Å². The fraction of sp³-hybridized carbons (Fsp3) is 0.143. The molecule has 0 N–H and O–H groups in total. The molecule has 0 amide bonds. The summed E-state index contributed by atoms with van der Waals surface area (Å²) in [7, 11) is 0. The van der Waals surface area contributed by atoms with Crippen LogP contribution in [0.4, 0.5) is 4.39 Å². The average Bonchev–Trinajstić information content (AvgIpc) is 3.03. The van der Waals surface area contributed by atoms with E-state index in [1.807, 2.05) is 29.7 Å². The number of alkyl halides is 1. The number of hydrogen-bond acceptors (Lipinski definition) is 3. The van der Waals surface area contributed by atoms with Gasteiger partial charge in [-0.15, -0.1) is 11.6 Å². The van der Waals surface area contributed by atoms with Crippen molar-refractivity contribution in [3.63, 3.8) is 0 Å². The maximum atomic E-state index is 13.0. The zero-order chi connectivity index (χ0) is 19.7. The Morgan fingerprint density at radius 2 is 1.93 bits per heavy atom. The molecule has 0 unspecified atom stereocenters. The molecule has 0 aliphatic rings. The molecule has 28 heavy (non-hydrogen) atoms. The summed E-state index contributed by atoms with van der Waals surface area (Å²) in [5, 5.41) is 0. The lowest BCUT2D eigenvalue weighted by Crippen LogP contribution is -2.17. The lowest BCUT2D eigenvalue weighted by atomic mass is 10.2. The van der Waals surface area contributed by atoms with Crippen LogP contribution in [0.25, 0.3) is 11.3 Å². The number of imidazole rings is 1. The van der Waals surface area contributed by atoms with Gasteiger partial charge in [-0.1, -0.05) is 12.1 Å². The van der Waals surface area contributed by atoms with Crippen molar-refractivity contribution in [2.45, 2.75) is 19.4 Å². The van der Waals surface area contributed by atoms with Gasteiger partial charge >= 0.3 is 0 Å². The Hall–Kier alpha value is -3.12. The number of benzene rings is 1. The highest BCUT2D eigenvalue weighted by Gasteiger charge is 2.09. The maximum absolute atomic E-state index is 13.0. The maximum Gasteiger partial charge on any atom is 0.258 e. The second-order valence-corrected chi connectivity index (χ2v) is 6.65. The number of fused-ring (bicyclic) bond motifs is 1. The van der Waals surface area contributed by atoms with Crippen LogP contribution in [0.15, 0.2) is 65.7 Å². The number of rotatable bonds is 5. The van der Waals surface area contributed by atoms with E-state index in [2.05, 4.69) is 4.98 Å².